The van der Waals surface area contributed by atoms with E-state index in [-0.39, 0.29) is 11.8 Å². The normalized spacial score (nSPS) is 47.0. The van der Waals surface area contributed by atoms with Crippen LogP contribution in [0.5, 0.6) is 0 Å². The first-order chi connectivity index (χ1) is 14.0. The number of benzene rings is 1. The second-order valence-corrected chi connectivity index (χ2v) is 9.33. The van der Waals surface area contributed by atoms with E-state index in [1.54, 1.807) is 0 Å². The van der Waals surface area contributed by atoms with Crippen molar-refractivity contribution in [1.82, 2.24) is 0 Å². The zero-order valence-corrected chi connectivity index (χ0v) is 17.2. The molecule has 6 rings (SSSR count). The number of hydrogen-bond acceptors (Lipinski definition) is 6. The van der Waals surface area contributed by atoms with Gasteiger partial charge in [0.05, 0.1) is 6.07 Å². The van der Waals surface area contributed by atoms with Crippen molar-refractivity contribution in [2.45, 2.75) is 76.5 Å². The monoisotopic (exact) mass is 399 g/mol. The summed E-state index contributed by atoms with van der Waals surface area (Å²) in [6.07, 6.45) is 2.13. The van der Waals surface area contributed by atoms with E-state index in [0.29, 0.717) is 11.8 Å². The highest BCUT2D eigenvalue weighted by molar-refractivity contribution is 5.22. The summed E-state index contributed by atoms with van der Waals surface area (Å²) in [6.45, 7) is 6.34. The smallest absolute Gasteiger partial charge is 0.201 e. The Balaban J connectivity index is 1.46. The number of rotatable bonds is 3. The van der Waals surface area contributed by atoms with Crippen molar-refractivity contribution in [3.63, 3.8) is 0 Å². The Morgan fingerprint density at radius 2 is 1.90 bits per heavy atom. The van der Waals surface area contributed by atoms with Gasteiger partial charge in [0.15, 0.2) is 24.3 Å². The van der Waals surface area contributed by atoms with Crippen molar-refractivity contribution < 1.29 is 24.0 Å². The predicted octanol–water partition coefficient (Wildman–Crippen LogP) is 4.48. The van der Waals surface area contributed by atoms with Gasteiger partial charge < -0.3 is 14.2 Å². The van der Waals surface area contributed by atoms with E-state index in [2.05, 4.69) is 19.9 Å². The van der Waals surface area contributed by atoms with E-state index in [0.717, 1.165) is 31.2 Å². The van der Waals surface area contributed by atoms with E-state index in [1.165, 1.54) is 0 Å². The molecule has 156 valence electrons. The number of nitrogens with zero attached hydrogens (tertiary/aromatic N) is 1. The lowest BCUT2D eigenvalue weighted by Crippen LogP contribution is -2.70. The summed E-state index contributed by atoms with van der Waals surface area (Å²) >= 11 is 0. The molecule has 4 heterocycles. The van der Waals surface area contributed by atoms with Gasteiger partial charge in [-0.1, -0.05) is 44.2 Å². The average Bonchev–Trinajstić information content (AvgIpc) is 2.96. The number of ether oxygens (including phenoxy) is 3. The Labute approximate surface area is 172 Å². The van der Waals surface area contributed by atoms with Gasteiger partial charge in [0.1, 0.15) is 0 Å². The maximum Gasteiger partial charge on any atom is 0.201 e. The number of fused-ring (bicyclic) bond motifs is 2. The molecular formula is C23H29NO5. The molecule has 5 aliphatic rings. The van der Waals surface area contributed by atoms with Gasteiger partial charge in [-0.3, -0.25) is 0 Å². The molecule has 1 spiro atoms. The third-order valence-electron chi connectivity index (χ3n) is 7.59. The molecule has 0 radical (unpaired) electrons. The fourth-order valence-corrected chi connectivity index (χ4v) is 5.97. The molecule has 29 heavy (non-hydrogen) atoms. The molecule has 6 nitrogen and oxygen atoms in total. The van der Waals surface area contributed by atoms with Crippen LogP contribution in [0.25, 0.3) is 0 Å². The van der Waals surface area contributed by atoms with Gasteiger partial charge in [-0.2, -0.15) is 5.26 Å². The molecule has 1 aromatic rings. The lowest BCUT2D eigenvalue weighted by Gasteiger charge is -2.60. The van der Waals surface area contributed by atoms with Crippen LogP contribution in [0, 0.1) is 35.0 Å². The summed E-state index contributed by atoms with van der Waals surface area (Å²) in [5.41, 5.74) is 0.220. The molecule has 0 N–H and O–H groups in total. The van der Waals surface area contributed by atoms with Crippen LogP contribution in [0.2, 0.25) is 0 Å². The first-order valence-electron chi connectivity index (χ1n) is 10.8. The minimum atomic E-state index is -0.809. The molecule has 1 saturated carbocycles. The standard InChI is InChI=1S/C23H29NO5/c1-14-9-10-18-15(2)20(25-19(13-24)16-7-5-4-6-8-16)26-21-23(18)17(14)11-12-22(3,27-21)28-29-23/h4-8,14-15,17-21H,9-12H2,1-3H3/t14-,15-,17?,18?,19+,20+,21-,22+,23-/m1/s1. The van der Waals surface area contributed by atoms with Gasteiger partial charge in [0, 0.05) is 18.3 Å². The van der Waals surface area contributed by atoms with Crippen molar-refractivity contribution in [1.29, 1.82) is 5.26 Å². The molecule has 9 atom stereocenters. The van der Waals surface area contributed by atoms with Crippen LogP contribution >= 0.6 is 0 Å². The van der Waals surface area contributed by atoms with Crippen molar-refractivity contribution in [3.8, 4) is 6.07 Å². The average molecular weight is 399 g/mol. The molecule has 4 saturated heterocycles. The van der Waals surface area contributed by atoms with Gasteiger partial charge >= 0.3 is 0 Å². The molecule has 6 heteroatoms. The SMILES string of the molecule is C[C@@H]1CCC2[C@@H](C)[C@@H](O[C@@H](C#N)c3ccccc3)O[C@@H]3O[C@]4(C)CCC1[C@@]23OO4. The molecule has 1 aliphatic carbocycles. The Kier molecular flexibility index (Phi) is 4.73. The topological polar surface area (TPSA) is 69.9 Å². The van der Waals surface area contributed by atoms with Gasteiger partial charge in [0.25, 0.3) is 0 Å². The Bertz CT molecular complexity index is 796. The fraction of sp³-hybridized carbons (Fsp3) is 0.696. The van der Waals surface area contributed by atoms with Crippen molar-refractivity contribution in [3.05, 3.63) is 35.9 Å². The summed E-state index contributed by atoms with van der Waals surface area (Å²) in [5.74, 6) is 0.267. The minimum Gasteiger partial charge on any atom is -0.329 e. The summed E-state index contributed by atoms with van der Waals surface area (Å²) < 4.78 is 19.0. The lowest BCUT2D eigenvalue weighted by atomic mass is 9.58. The van der Waals surface area contributed by atoms with Crippen LogP contribution < -0.4 is 0 Å². The van der Waals surface area contributed by atoms with E-state index >= 15 is 0 Å². The van der Waals surface area contributed by atoms with E-state index in [1.807, 2.05) is 37.3 Å². The van der Waals surface area contributed by atoms with Crippen LogP contribution in [0.3, 0.4) is 0 Å². The summed E-state index contributed by atoms with van der Waals surface area (Å²) in [6, 6.07) is 11.8. The van der Waals surface area contributed by atoms with Crippen LogP contribution in [-0.2, 0) is 24.0 Å². The predicted molar refractivity (Wildman–Crippen MR) is 103 cm³/mol. The third-order valence-corrected chi connectivity index (χ3v) is 7.59. The van der Waals surface area contributed by atoms with Gasteiger partial charge in [-0.05, 0) is 43.6 Å². The van der Waals surface area contributed by atoms with Crippen molar-refractivity contribution in [2.24, 2.45) is 23.7 Å². The lowest BCUT2D eigenvalue weighted by molar-refractivity contribution is -0.578. The molecule has 0 aromatic heterocycles. The van der Waals surface area contributed by atoms with Gasteiger partial charge in [0.2, 0.25) is 5.79 Å². The molecule has 5 fully saturated rings. The quantitative estimate of drug-likeness (QED) is 0.698. The molecule has 2 bridgehead atoms. The Morgan fingerprint density at radius 3 is 2.66 bits per heavy atom. The first kappa shape index (κ1) is 19.5. The highest BCUT2D eigenvalue weighted by Gasteiger charge is 2.69. The Morgan fingerprint density at radius 1 is 1.10 bits per heavy atom. The number of nitriles is 1. The highest BCUT2D eigenvalue weighted by Crippen LogP contribution is 2.60. The van der Waals surface area contributed by atoms with Crippen molar-refractivity contribution in [2.75, 3.05) is 0 Å². The summed E-state index contributed by atoms with van der Waals surface area (Å²) in [7, 11) is 0. The second-order valence-electron chi connectivity index (χ2n) is 9.33. The Hall–Kier alpha value is -1.49. The molecule has 1 aromatic carbocycles. The van der Waals surface area contributed by atoms with Crippen LogP contribution in [0.1, 0.15) is 58.1 Å². The van der Waals surface area contributed by atoms with E-state index in [9.17, 15) is 5.26 Å². The second kappa shape index (κ2) is 7.04. The maximum atomic E-state index is 9.72. The van der Waals surface area contributed by atoms with Crippen LogP contribution in [0.15, 0.2) is 30.3 Å². The van der Waals surface area contributed by atoms with Gasteiger partial charge in [-0.15, -0.1) is 0 Å². The van der Waals surface area contributed by atoms with Crippen LogP contribution in [0.4, 0.5) is 0 Å². The number of hydrogen-bond donors (Lipinski definition) is 0. The summed E-state index contributed by atoms with van der Waals surface area (Å²) in [4.78, 5) is 12.0. The fourth-order valence-electron chi connectivity index (χ4n) is 5.97. The maximum absolute atomic E-state index is 9.72. The largest absolute Gasteiger partial charge is 0.329 e. The van der Waals surface area contributed by atoms with Crippen LogP contribution in [-0.4, -0.2) is 24.0 Å². The third kappa shape index (κ3) is 2.95. The van der Waals surface area contributed by atoms with Gasteiger partial charge in [-0.25, -0.2) is 9.78 Å². The van der Waals surface area contributed by atoms with Crippen molar-refractivity contribution >= 4 is 0 Å². The molecule has 0 amide bonds. The highest BCUT2D eigenvalue weighted by atomic mass is 17.3. The molecule has 4 aliphatic heterocycles. The zero-order chi connectivity index (χ0) is 20.2. The van der Waals surface area contributed by atoms with E-state index < -0.39 is 30.1 Å². The first-order valence-corrected chi connectivity index (χ1v) is 10.8. The zero-order valence-electron chi connectivity index (χ0n) is 17.2. The molecular weight excluding hydrogens is 370 g/mol. The van der Waals surface area contributed by atoms with E-state index in [4.69, 9.17) is 24.0 Å². The summed E-state index contributed by atoms with van der Waals surface area (Å²) in [5, 5.41) is 9.72. The minimum absolute atomic E-state index is 0.0514. The molecule has 2 unspecified atom stereocenters.